The van der Waals surface area contributed by atoms with Crippen molar-refractivity contribution in [1.82, 2.24) is 10.5 Å². The molecule has 0 bridgehead atoms. The number of nitrogens with zero attached hydrogens (tertiary/aromatic N) is 2. The zero-order chi connectivity index (χ0) is 15.0. The molecule has 1 rings (SSSR count). The lowest BCUT2D eigenvalue weighted by Gasteiger charge is -2.30. The third-order valence-electron chi connectivity index (χ3n) is 3.31. The summed E-state index contributed by atoms with van der Waals surface area (Å²) in [5, 5.41) is 18.5. The van der Waals surface area contributed by atoms with Crippen LogP contribution < -0.4 is 11.1 Å². The molecule has 0 unspecified atom stereocenters. The van der Waals surface area contributed by atoms with Crippen LogP contribution in [0.5, 0.6) is 0 Å². The highest BCUT2D eigenvalue weighted by Gasteiger charge is 2.41. The first-order valence-electron chi connectivity index (χ1n) is 6.76. The molecule has 0 saturated carbocycles. The van der Waals surface area contributed by atoms with E-state index in [1.807, 2.05) is 13.8 Å². The number of carbonyl (C=O) groups excluding carboxylic acids is 1. The molecular weight excluding hydrogens is 260 g/mol. The predicted octanol–water partition coefficient (Wildman–Crippen LogP) is 1.62. The molecule has 7 heteroatoms. The monoisotopic (exact) mass is 282 g/mol. The van der Waals surface area contributed by atoms with Gasteiger partial charge in [-0.25, -0.2) is 0 Å². The Hall–Kier alpha value is -2.05. The van der Waals surface area contributed by atoms with Gasteiger partial charge in [0.2, 0.25) is 5.91 Å². The molecule has 1 aromatic rings. The van der Waals surface area contributed by atoms with Crippen molar-refractivity contribution in [2.75, 3.05) is 0 Å². The van der Waals surface area contributed by atoms with E-state index < -0.39 is 5.41 Å². The van der Waals surface area contributed by atoms with Crippen molar-refractivity contribution >= 4 is 11.7 Å². The lowest BCUT2D eigenvalue weighted by Crippen LogP contribution is -2.49. The van der Waals surface area contributed by atoms with Crippen LogP contribution in [0.15, 0.2) is 22.0 Å². The fraction of sp³-hybridized carbons (Fsp3) is 0.615. The molecule has 20 heavy (non-hydrogen) atoms. The van der Waals surface area contributed by atoms with Gasteiger partial charge in [0.05, 0.1) is 6.54 Å². The number of carbonyl (C=O) groups is 1. The molecule has 0 aliphatic heterocycles. The Morgan fingerprint density at radius 2 is 2.15 bits per heavy atom. The number of aromatic nitrogens is 1. The quantitative estimate of drug-likeness (QED) is 0.290. The number of amides is 1. The van der Waals surface area contributed by atoms with Crippen LogP contribution in [-0.2, 0) is 11.3 Å². The largest absolute Gasteiger partial charge is 0.409 e. The molecule has 1 aromatic heterocycles. The molecule has 1 heterocycles. The molecule has 0 fully saturated rings. The smallest absolute Gasteiger partial charge is 0.234 e. The second kappa shape index (κ2) is 7.52. The Balaban J connectivity index is 2.87. The number of hydrogen-bond donors (Lipinski definition) is 3. The number of nitrogens with two attached hydrogens (primary N) is 1. The highest BCUT2D eigenvalue weighted by atomic mass is 16.5. The van der Waals surface area contributed by atoms with Crippen LogP contribution >= 0.6 is 0 Å². The van der Waals surface area contributed by atoms with E-state index in [0.717, 1.165) is 12.8 Å². The van der Waals surface area contributed by atoms with E-state index in [-0.39, 0.29) is 18.3 Å². The van der Waals surface area contributed by atoms with Crippen molar-refractivity contribution in [3.05, 3.63) is 18.0 Å². The molecule has 0 radical (unpaired) electrons. The molecule has 0 spiro atoms. The zero-order valence-electron chi connectivity index (χ0n) is 11.9. The topological polar surface area (TPSA) is 114 Å². The maximum absolute atomic E-state index is 12.5. The summed E-state index contributed by atoms with van der Waals surface area (Å²) in [5.41, 5.74) is 5.43. The van der Waals surface area contributed by atoms with Crippen LogP contribution in [0.3, 0.4) is 0 Å². The summed E-state index contributed by atoms with van der Waals surface area (Å²) >= 11 is 0. The Labute approximate surface area is 118 Å². The highest BCUT2D eigenvalue weighted by molar-refractivity contribution is 6.06. The van der Waals surface area contributed by atoms with Crippen LogP contribution in [0.1, 0.15) is 45.2 Å². The molecule has 0 aromatic carbocycles. The summed E-state index contributed by atoms with van der Waals surface area (Å²) in [6, 6.07) is 1.67. The Morgan fingerprint density at radius 3 is 2.60 bits per heavy atom. The summed E-state index contributed by atoms with van der Waals surface area (Å²) < 4.78 is 4.71. The summed E-state index contributed by atoms with van der Waals surface area (Å²) in [7, 11) is 0. The minimum Gasteiger partial charge on any atom is -0.409 e. The van der Waals surface area contributed by atoms with Crippen molar-refractivity contribution in [2.45, 2.75) is 46.1 Å². The molecule has 0 aliphatic carbocycles. The molecule has 7 nitrogen and oxygen atoms in total. The highest BCUT2D eigenvalue weighted by Crippen LogP contribution is 2.30. The second-order valence-corrected chi connectivity index (χ2v) is 4.74. The molecule has 1 amide bonds. The van der Waals surface area contributed by atoms with E-state index in [1.165, 1.54) is 6.26 Å². The van der Waals surface area contributed by atoms with Gasteiger partial charge in [-0.15, -0.1) is 0 Å². The van der Waals surface area contributed by atoms with Gasteiger partial charge in [0, 0.05) is 6.07 Å². The first-order valence-corrected chi connectivity index (χ1v) is 6.76. The van der Waals surface area contributed by atoms with Crippen LogP contribution in [0.2, 0.25) is 0 Å². The molecule has 112 valence electrons. The van der Waals surface area contributed by atoms with Gasteiger partial charge in [-0.3, -0.25) is 4.79 Å². The van der Waals surface area contributed by atoms with Crippen LogP contribution in [-0.4, -0.2) is 22.1 Å². The van der Waals surface area contributed by atoms with Gasteiger partial charge in [0.1, 0.15) is 17.4 Å². The standard InChI is InChI=1S/C13H22N4O3/c1-3-6-13(7-4-2,11(14)16-19)12(18)15-9-10-5-8-20-17-10/h5,8,19H,3-4,6-7,9H2,1-2H3,(H2,14,16)(H,15,18). The Bertz CT molecular complexity index is 436. The molecule has 0 saturated heterocycles. The van der Waals surface area contributed by atoms with E-state index in [0.29, 0.717) is 18.5 Å². The van der Waals surface area contributed by atoms with E-state index >= 15 is 0 Å². The second-order valence-electron chi connectivity index (χ2n) is 4.74. The maximum Gasteiger partial charge on any atom is 0.234 e. The van der Waals surface area contributed by atoms with E-state index in [2.05, 4.69) is 15.6 Å². The van der Waals surface area contributed by atoms with Gasteiger partial charge in [-0.1, -0.05) is 37.0 Å². The Morgan fingerprint density at radius 1 is 1.50 bits per heavy atom. The number of oxime groups is 1. The SMILES string of the molecule is CCCC(CCC)(C(=O)NCc1ccon1)/C(N)=N/O. The number of amidine groups is 1. The average molecular weight is 282 g/mol. The predicted molar refractivity (Wildman–Crippen MR) is 74.0 cm³/mol. The summed E-state index contributed by atoms with van der Waals surface area (Å²) in [4.78, 5) is 12.5. The van der Waals surface area contributed by atoms with Gasteiger partial charge >= 0.3 is 0 Å². The van der Waals surface area contributed by atoms with Crippen LogP contribution in [0.4, 0.5) is 0 Å². The third-order valence-corrected chi connectivity index (χ3v) is 3.31. The normalized spacial score (nSPS) is 12.4. The van der Waals surface area contributed by atoms with Gasteiger partial charge in [-0.05, 0) is 12.8 Å². The molecule has 0 aliphatic rings. The van der Waals surface area contributed by atoms with Gasteiger partial charge in [0.25, 0.3) is 0 Å². The number of rotatable bonds is 8. The van der Waals surface area contributed by atoms with Crippen LogP contribution in [0.25, 0.3) is 0 Å². The lowest BCUT2D eigenvalue weighted by atomic mass is 9.77. The third kappa shape index (κ3) is 3.49. The number of nitrogens with one attached hydrogen (secondary N) is 1. The van der Waals surface area contributed by atoms with Gasteiger partial charge in [0.15, 0.2) is 5.84 Å². The van der Waals surface area contributed by atoms with E-state index in [1.54, 1.807) is 6.07 Å². The molecule has 4 N–H and O–H groups in total. The van der Waals surface area contributed by atoms with E-state index in [4.69, 9.17) is 15.5 Å². The molecule has 0 atom stereocenters. The Kier molecular flexibility index (Phi) is 6.02. The lowest BCUT2D eigenvalue weighted by molar-refractivity contribution is -0.128. The van der Waals surface area contributed by atoms with Crippen molar-refractivity contribution in [3.63, 3.8) is 0 Å². The van der Waals surface area contributed by atoms with Gasteiger partial charge in [-0.2, -0.15) is 0 Å². The minimum atomic E-state index is -0.970. The summed E-state index contributed by atoms with van der Waals surface area (Å²) in [5.74, 6) is -0.293. The first-order chi connectivity index (χ1) is 9.60. The first kappa shape index (κ1) is 16.0. The van der Waals surface area contributed by atoms with Gasteiger partial charge < -0.3 is 20.8 Å². The number of hydrogen-bond acceptors (Lipinski definition) is 5. The van der Waals surface area contributed by atoms with Crippen molar-refractivity contribution < 1.29 is 14.5 Å². The fourth-order valence-electron chi connectivity index (χ4n) is 2.34. The minimum absolute atomic E-state index is 0.0427. The van der Waals surface area contributed by atoms with Crippen molar-refractivity contribution in [1.29, 1.82) is 0 Å². The molecular formula is C13H22N4O3. The maximum atomic E-state index is 12.5. The fourth-order valence-corrected chi connectivity index (χ4v) is 2.34. The van der Waals surface area contributed by atoms with E-state index in [9.17, 15) is 4.79 Å². The average Bonchev–Trinajstić information content (AvgIpc) is 2.96. The summed E-state index contributed by atoms with van der Waals surface area (Å²) in [6.07, 6.45) is 4.01. The van der Waals surface area contributed by atoms with Crippen LogP contribution in [0, 0.1) is 5.41 Å². The zero-order valence-corrected chi connectivity index (χ0v) is 11.9. The van der Waals surface area contributed by atoms with Crippen molar-refractivity contribution in [3.8, 4) is 0 Å². The summed E-state index contributed by atoms with van der Waals surface area (Å²) in [6.45, 7) is 4.17. The van der Waals surface area contributed by atoms with Crippen molar-refractivity contribution in [2.24, 2.45) is 16.3 Å².